The first kappa shape index (κ1) is 11.4. The van der Waals surface area contributed by atoms with Gasteiger partial charge in [-0.05, 0) is 43.5 Å². The van der Waals surface area contributed by atoms with Gasteiger partial charge in [0.15, 0.2) is 0 Å². The van der Waals surface area contributed by atoms with E-state index in [-0.39, 0.29) is 12.5 Å². The topological polar surface area (TPSA) is 52.5 Å². The van der Waals surface area contributed by atoms with Crippen molar-refractivity contribution in [2.24, 2.45) is 5.92 Å². The first-order chi connectivity index (χ1) is 7.72. The van der Waals surface area contributed by atoms with E-state index >= 15 is 0 Å². The van der Waals surface area contributed by atoms with Crippen LogP contribution in [-0.2, 0) is 0 Å². The lowest BCUT2D eigenvalue weighted by Gasteiger charge is -2.36. The van der Waals surface area contributed by atoms with Crippen molar-refractivity contribution in [3.05, 3.63) is 29.8 Å². The van der Waals surface area contributed by atoms with Crippen molar-refractivity contribution < 1.29 is 10.2 Å². The van der Waals surface area contributed by atoms with E-state index in [0.717, 1.165) is 18.5 Å². The molecule has 1 aliphatic heterocycles. The third-order valence-corrected chi connectivity index (χ3v) is 3.59. The quantitative estimate of drug-likeness (QED) is 0.709. The Kier molecular flexibility index (Phi) is 3.46. The molecule has 3 unspecified atom stereocenters. The van der Waals surface area contributed by atoms with Crippen LogP contribution in [-0.4, -0.2) is 29.4 Å². The van der Waals surface area contributed by atoms with Crippen LogP contribution < -0.4 is 5.32 Å². The molecule has 1 aliphatic rings. The van der Waals surface area contributed by atoms with Crippen molar-refractivity contribution in [2.45, 2.75) is 25.3 Å². The van der Waals surface area contributed by atoms with Crippen LogP contribution in [0, 0.1) is 5.92 Å². The highest BCUT2D eigenvalue weighted by Gasteiger charge is 2.30. The fraction of sp³-hybridized carbons (Fsp3) is 0.538. The molecule has 1 aromatic rings. The maximum absolute atomic E-state index is 9.49. The first-order valence-corrected chi connectivity index (χ1v) is 5.85. The molecule has 1 fully saturated rings. The second kappa shape index (κ2) is 4.85. The number of aliphatic hydroxyl groups excluding tert-OH is 1. The molecule has 3 heteroatoms. The van der Waals surface area contributed by atoms with E-state index in [4.69, 9.17) is 0 Å². The molecule has 1 heterocycles. The summed E-state index contributed by atoms with van der Waals surface area (Å²) < 4.78 is 0. The second-order valence-electron chi connectivity index (χ2n) is 4.58. The van der Waals surface area contributed by atoms with Gasteiger partial charge in [-0.25, -0.2) is 0 Å². The molecule has 0 aliphatic carbocycles. The average molecular weight is 221 g/mol. The summed E-state index contributed by atoms with van der Waals surface area (Å²) in [5.41, 5.74) is 1.13. The fourth-order valence-corrected chi connectivity index (χ4v) is 2.64. The summed E-state index contributed by atoms with van der Waals surface area (Å²) in [5, 5.41) is 22.3. The van der Waals surface area contributed by atoms with Crippen molar-refractivity contribution >= 4 is 0 Å². The van der Waals surface area contributed by atoms with Gasteiger partial charge in [-0.2, -0.15) is 0 Å². The SMILES string of the molecule is CC1NCCC(c2cccc(O)c2)C1CO. The number of aromatic hydroxyl groups is 1. The minimum absolute atomic E-state index is 0.189. The van der Waals surface area contributed by atoms with Crippen LogP contribution >= 0.6 is 0 Å². The Morgan fingerprint density at radius 2 is 2.25 bits per heavy atom. The van der Waals surface area contributed by atoms with Crippen molar-refractivity contribution in [3.8, 4) is 5.75 Å². The van der Waals surface area contributed by atoms with Crippen molar-refractivity contribution in [2.75, 3.05) is 13.2 Å². The number of nitrogens with one attached hydrogen (secondary N) is 1. The van der Waals surface area contributed by atoms with Gasteiger partial charge in [0.1, 0.15) is 5.75 Å². The third-order valence-electron chi connectivity index (χ3n) is 3.59. The van der Waals surface area contributed by atoms with Gasteiger partial charge in [-0.3, -0.25) is 0 Å². The van der Waals surface area contributed by atoms with E-state index in [1.54, 1.807) is 6.07 Å². The molecule has 0 amide bonds. The number of hydrogen-bond acceptors (Lipinski definition) is 3. The number of hydrogen-bond donors (Lipinski definition) is 3. The number of phenols is 1. The van der Waals surface area contributed by atoms with Crippen molar-refractivity contribution in [1.29, 1.82) is 0 Å². The highest BCUT2D eigenvalue weighted by molar-refractivity contribution is 5.30. The minimum Gasteiger partial charge on any atom is -0.508 e. The van der Waals surface area contributed by atoms with E-state index in [1.807, 2.05) is 18.2 Å². The van der Waals surface area contributed by atoms with Crippen molar-refractivity contribution in [3.63, 3.8) is 0 Å². The average Bonchev–Trinajstić information content (AvgIpc) is 2.28. The summed E-state index contributed by atoms with van der Waals surface area (Å²) in [6.07, 6.45) is 1.01. The molecular weight excluding hydrogens is 202 g/mol. The lowest BCUT2D eigenvalue weighted by molar-refractivity contribution is 0.146. The van der Waals surface area contributed by atoms with Crippen LogP contribution in [0.15, 0.2) is 24.3 Å². The molecule has 88 valence electrons. The Bertz CT molecular complexity index is 354. The van der Waals surface area contributed by atoms with Gasteiger partial charge < -0.3 is 15.5 Å². The van der Waals surface area contributed by atoms with Crippen LogP contribution in [0.1, 0.15) is 24.8 Å². The van der Waals surface area contributed by atoms with Gasteiger partial charge in [0.2, 0.25) is 0 Å². The molecule has 1 aromatic carbocycles. The summed E-state index contributed by atoms with van der Waals surface area (Å²) >= 11 is 0. The van der Waals surface area contributed by atoms with E-state index in [9.17, 15) is 10.2 Å². The monoisotopic (exact) mass is 221 g/mol. The van der Waals surface area contributed by atoms with Crippen LogP contribution in [0.25, 0.3) is 0 Å². The summed E-state index contributed by atoms with van der Waals surface area (Å²) in [4.78, 5) is 0. The molecule has 0 bridgehead atoms. The molecule has 1 saturated heterocycles. The second-order valence-corrected chi connectivity index (χ2v) is 4.58. The Balaban J connectivity index is 2.24. The normalized spacial score (nSPS) is 30.2. The van der Waals surface area contributed by atoms with Crippen LogP contribution in [0.5, 0.6) is 5.75 Å². The standard InChI is InChI=1S/C13H19NO2/c1-9-13(8-15)12(5-6-14-9)10-3-2-4-11(16)7-10/h2-4,7,9,12-16H,5-6,8H2,1H3. The molecule has 3 nitrogen and oxygen atoms in total. The largest absolute Gasteiger partial charge is 0.508 e. The summed E-state index contributed by atoms with van der Waals surface area (Å²) in [7, 11) is 0. The van der Waals surface area contributed by atoms with Crippen LogP contribution in [0.4, 0.5) is 0 Å². The zero-order valence-corrected chi connectivity index (χ0v) is 9.56. The molecule has 0 spiro atoms. The minimum atomic E-state index is 0.189. The van der Waals surface area contributed by atoms with E-state index < -0.39 is 0 Å². The third kappa shape index (κ3) is 2.20. The zero-order valence-electron chi connectivity index (χ0n) is 9.56. The predicted molar refractivity (Wildman–Crippen MR) is 63.5 cm³/mol. The Morgan fingerprint density at radius 1 is 1.44 bits per heavy atom. The fourth-order valence-electron chi connectivity index (χ4n) is 2.64. The summed E-state index contributed by atoms with van der Waals surface area (Å²) in [5.74, 6) is 0.879. The van der Waals surface area contributed by atoms with Gasteiger partial charge in [0.25, 0.3) is 0 Å². The summed E-state index contributed by atoms with van der Waals surface area (Å²) in [6, 6.07) is 7.72. The Hall–Kier alpha value is -1.06. The molecule has 16 heavy (non-hydrogen) atoms. The smallest absolute Gasteiger partial charge is 0.115 e. The van der Waals surface area contributed by atoms with Gasteiger partial charge in [-0.1, -0.05) is 12.1 Å². The van der Waals surface area contributed by atoms with Crippen molar-refractivity contribution in [1.82, 2.24) is 5.32 Å². The van der Waals surface area contributed by atoms with Crippen LogP contribution in [0.2, 0.25) is 0 Å². The number of phenolic OH excluding ortho intramolecular Hbond substituents is 1. The Morgan fingerprint density at radius 3 is 2.94 bits per heavy atom. The maximum atomic E-state index is 9.49. The van der Waals surface area contributed by atoms with Gasteiger partial charge in [0, 0.05) is 18.6 Å². The number of rotatable bonds is 2. The number of piperidine rings is 1. The molecule has 0 saturated carbocycles. The predicted octanol–water partition coefficient (Wildman–Crippen LogP) is 1.47. The number of benzene rings is 1. The van der Waals surface area contributed by atoms with E-state index in [2.05, 4.69) is 12.2 Å². The number of aliphatic hydroxyl groups is 1. The highest BCUT2D eigenvalue weighted by atomic mass is 16.3. The summed E-state index contributed by atoms with van der Waals surface area (Å²) in [6.45, 7) is 3.27. The maximum Gasteiger partial charge on any atom is 0.115 e. The van der Waals surface area contributed by atoms with Gasteiger partial charge >= 0.3 is 0 Å². The van der Waals surface area contributed by atoms with E-state index in [0.29, 0.717) is 17.7 Å². The lowest BCUT2D eigenvalue weighted by atomic mass is 9.77. The van der Waals surface area contributed by atoms with Crippen LogP contribution in [0.3, 0.4) is 0 Å². The first-order valence-electron chi connectivity index (χ1n) is 5.85. The molecule has 2 rings (SSSR count). The Labute approximate surface area is 96.1 Å². The highest BCUT2D eigenvalue weighted by Crippen LogP contribution is 2.34. The molecule has 0 radical (unpaired) electrons. The lowest BCUT2D eigenvalue weighted by Crippen LogP contribution is -2.44. The molecular formula is C13H19NO2. The molecule has 3 atom stereocenters. The van der Waals surface area contributed by atoms with E-state index in [1.165, 1.54) is 0 Å². The van der Waals surface area contributed by atoms with Gasteiger partial charge in [0.05, 0.1) is 0 Å². The molecule has 0 aromatic heterocycles. The van der Waals surface area contributed by atoms with Gasteiger partial charge in [-0.15, -0.1) is 0 Å². The zero-order chi connectivity index (χ0) is 11.5. The molecule has 3 N–H and O–H groups in total.